The summed E-state index contributed by atoms with van der Waals surface area (Å²) in [5, 5.41) is 3.11. The van der Waals surface area contributed by atoms with Gasteiger partial charge >= 0.3 is 0 Å². The van der Waals surface area contributed by atoms with E-state index in [1.807, 2.05) is 42.5 Å². The quantitative estimate of drug-likeness (QED) is 0.855. The number of benzene rings is 2. The number of ether oxygens (including phenoxy) is 1. The smallest absolute Gasteiger partial charge is 0.265 e. The van der Waals surface area contributed by atoms with Crippen LogP contribution in [0.3, 0.4) is 0 Å². The van der Waals surface area contributed by atoms with Crippen molar-refractivity contribution < 1.29 is 9.53 Å². The van der Waals surface area contributed by atoms with Gasteiger partial charge in [0.2, 0.25) is 0 Å². The Balaban J connectivity index is 1.41. The summed E-state index contributed by atoms with van der Waals surface area (Å²) in [5.74, 6) is 0.752. The van der Waals surface area contributed by atoms with Crippen LogP contribution in [0.4, 0.5) is 5.69 Å². The first-order valence-corrected chi connectivity index (χ1v) is 10.0. The molecule has 0 aromatic heterocycles. The molecule has 142 valence electrons. The number of fused-ring (bicyclic) bond motifs is 1. The predicted molar refractivity (Wildman–Crippen MR) is 108 cm³/mol. The number of carbonyl (C=O) groups excluding carboxylic acids is 1. The first-order valence-electron chi connectivity index (χ1n) is 10.0. The molecule has 2 aromatic carbocycles. The second kappa shape index (κ2) is 8.13. The number of para-hydroxylation sites is 2. The molecule has 0 radical (unpaired) electrons. The lowest BCUT2D eigenvalue weighted by molar-refractivity contribution is -0.122. The molecule has 1 fully saturated rings. The van der Waals surface area contributed by atoms with Gasteiger partial charge in [0, 0.05) is 24.7 Å². The number of hydrogen-bond donors (Lipinski definition) is 1. The summed E-state index contributed by atoms with van der Waals surface area (Å²) in [6, 6.07) is 16.6. The SMILES string of the molecule is CN(Cc1ccccc1NC(=O)C1Cc2ccccc2O1)C1CCCCC1. The Labute approximate surface area is 161 Å². The number of anilines is 1. The molecule has 1 N–H and O–H groups in total. The van der Waals surface area contributed by atoms with Crippen LogP contribution in [0.1, 0.15) is 43.2 Å². The van der Waals surface area contributed by atoms with Crippen molar-refractivity contribution in [3.05, 3.63) is 59.7 Å². The fourth-order valence-electron chi connectivity index (χ4n) is 4.24. The summed E-state index contributed by atoms with van der Waals surface area (Å²) in [4.78, 5) is 15.2. The largest absolute Gasteiger partial charge is 0.480 e. The topological polar surface area (TPSA) is 41.6 Å². The van der Waals surface area contributed by atoms with Gasteiger partial charge < -0.3 is 10.1 Å². The van der Waals surface area contributed by atoms with E-state index in [0.717, 1.165) is 29.1 Å². The second-order valence-corrected chi connectivity index (χ2v) is 7.77. The highest BCUT2D eigenvalue weighted by Crippen LogP contribution is 2.29. The van der Waals surface area contributed by atoms with Gasteiger partial charge in [-0.1, -0.05) is 55.7 Å². The fourth-order valence-corrected chi connectivity index (χ4v) is 4.24. The average Bonchev–Trinajstić information content (AvgIpc) is 3.14. The lowest BCUT2D eigenvalue weighted by atomic mass is 9.94. The summed E-state index contributed by atoms with van der Waals surface area (Å²) in [6.07, 6.45) is 6.75. The first kappa shape index (κ1) is 18.1. The summed E-state index contributed by atoms with van der Waals surface area (Å²) < 4.78 is 5.83. The number of amides is 1. The first-order chi connectivity index (χ1) is 13.2. The maximum atomic E-state index is 12.8. The Bertz CT molecular complexity index is 773. The van der Waals surface area contributed by atoms with Gasteiger partial charge in [0.05, 0.1) is 0 Å². The number of nitrogens with zero attached hydrogens (tertiary/aromatic N) is 1. The maximum Gasteiger partial charge on any atom is 0.265 e. The molecule has 2 aromatic rings. The standard InChI is InChI=1S/C23H28N2O2/c1-25(19-11-3-2-4-12-19)16-18-10-5-7-13-20(18)24-23(26)22-15-17-9-6-8-14-21(17)27-22/h5-10,13-14,19,22H,2-4,11-12,15-16H2,1H3,(H,24,26). The molecule has 1 saturated carbocycles. The summed E-state index contributed by atoms with van der Waals surface area (Å²) in [7, 11) is 2.20. The van der Waals surface area contributed by atoms with E-state index >= 15 is 0 Å². The van der Waals surface area contributed by atoms with E-state index in [2.05, 4.69) is 23.3 Å². The van der Waals surface area contributed by atoms with Gasteiger partial charge in [-0.15, -0.1) is 0 Å². The molecule has 1 amide bonds. The lowest BCUT2D eigenvalue weighted by Gasteiger charge is -2.31. The van der Waals surface area contributed by atoms with E-state index in [0.29, 0.717) is 12.5 Å². The Morgan fingerprint density at radius 2 is 1.81 bits per heavy atom. The minimum Gasteiger partial charge on any atom is -0.480 e. The van der Waals surface area contributed by atoms with Crippen molar-refractivity contribution in [2.45, 2.75) is 57.2 Å². The normalized spacial score (nSPS) is 19.6. The Morgan fingerprint density at radius 1 is 1.07 bits per heavy atom. The fraction of sp³-hybridized carbons (Fsp3) is 0.435. The zero-order valence-corrected chi connectivity index (χ0v) is 16.0. The zero-order chi connectivity index (χ0) is 18.6. The predicted octanol–water partition coefficient (Wildman–Crippen LogP) is 4.39. The molecule has 4 heteroatoms. The third-order valence-corrected chi connectivity index (χ3v) is 5.83. The van der Waals surface area contributed by atoms with Crippen molar-refractivity contribution in [1.29, 1.82) is 0 Å². The van der Waals surface area contributed by atoms with Gasteiger partial charge in [0.1, 0.15) is 5.75 Å². The van der Waals surface area contributed by atoms with Crippen LogP contribution in [0.5, 0.6) is 5.75 Å². The van der Waals surface area contributed by atoms with Gasteiger partial charge in [0.15, 0.2) is 6.10 Å². The molecule has 1 unspecified atom stereocenters. The van der Waals surface area contributed by atoms with Crippen molar-refractivity contribution in [3.63, 3.8) is 0 Å². The third kappa shape index (κ3) is 4.16. The van der Waals surface area contributed by atoms with Crippen LogP contribution in [0.2, 0.25) is 0 Å². The number of carbonyl (C=O) groups is 1. The molecule has 0 spiro atoms. The zero-order valence-electron chi connectivity index (χ0n) is 16.0. The van der Waals surface area contributed by atoms with Gasteiger partial charge in [-0.05, 0) is 43.1 Å². The van der Waals surface area contributed by atoms with Gasteiger partial charge in [-0.25, -0.2) is 0 Å². The van der Waals surface area contributed by atoms with E-state index in [9.17, 15) is 4.79 Å². The molecule has 1 heterocycles. The number of nitrogens with one attached hydrogen (secondary N) is 1. The minimum atomic E-state index is -0.452. The van der Waals surface area contributed by atoms with Gasteiger partial charge in [-0.2, -0.15) is 0 Å². The molecular weight excluding hydrogens is 336 g/mol. The number of rotatable bonds is 5. The summed E-state index contributed by atoms with van der Waals surface area (Å²) in [6.45, 7) is 0.854. The van der Waals surface area contributed by atoms with Crippen LogP contribution < -0.4 is 10.1 Å². The van der Waals surface area contributed by atoms with Gasteiger partial charge in [-0.3, -0.25) is 9.69 Å². The highest BCUT2D eigenvalue weighted by atomic mass is 16.5. The third-order valence-electron chi connectivity index (χ3n) is 5.83. The summed E-state index contributed by atoms with van der Waals surface area (Å²) >= 11 is 0. The molecule has 1 atom stereocenters. The van der Waals surface area contributed by atoms with Crippen LogP contribution in [-0.2, 0) is 17.8 Å². The Hall–Kier alpha value is -2.33. The van der Waals surface area contributed by atoms with Crippen molar-refractivity contribution in [1.82, 2.24) is 4.90 Å². The van der Waals surface area contributed by atoms with Crippen LogP contribution >= 0.6 is 0 Å². The Kier molecular flexibility index (Phi) is 5.44. The molecule has 2 aliphatic rings. The molecule has 4 nitrogen and oxygen atoms in total. The van der Waals surface area contributed by atoms with E-state index in [1.54, 1.807) is 0 Å². The molecule has 0 saturated heterocycles. The van der Waals surface area contributed by atoms with Crippen molar-refractivity contribution >= 4 is 11.6 Å². The Morgan fingerprint density at radius 3 is 2.63 bits per heavy atom. The summed E-state index contributed by atoms with van der Waals surface area (Å²) in [5.41, 5.74) is 3.15. The van der Waals surface area contributed by atoms with E-state index < -0.39 is 6.10 Å². The molecular formula is C23H28N2O2. The van der Waals surface area contributed by atoms with Crippen molar-refractivity contribution in [2.24, 2.45) is 0 Å². The monoisotopic (exact) mass is 364 g/mol. The number of hydrogen-bond acceptors (Lipinski definition) is 3. The highest BCUT2D eigenvalue weighted by molar-refractivity contribution is 5.95. The van der Waals surface area contributed by atoms with Crippen LogP contribution in [0.25, 0.3) is 0 Å². The minimum absolute atomic E-state index is 0.0704. The van der Waals surface area contributed by atoms with Gasteiger partial charge in [0.25, 0.3) is 5.91 Å². The van der Waals surface area contributed by atoms with E-state index in [4.69, 9.17) is 4.74 Å². The average molecular weight is 364 g/mol. The van der Waals surface area contributed by atoms with E-state index in [-0.39, 0.29) is 5.91 Å². The lowest BCUT2D eigenvalue weighted by Crippen LogP contribution is -2.34. The maximum absolute atomic E-state index is 12.8. The van der Waals surface area contributed by atoms with Crippen LogP contribution in [-0.4, -0.2) is 30.0 Å². The van der Waals surface area contributed by atoms with E-state index in [1.165, 1.54) is 32.1 Å². The van der Waals surface area contributed by atoms with Crippen LogP contribution in [0.15, 0.2) is 48.5 Å². The van der Waals surface area contributed by atoms with Crippen LogP contribution in [0, 0.1) is 0 Å². The molecule has 1 aliphatic heterocycles. The molecule has 4 rings (SSSR count). The molecule has 1 aliphatic carbocycles. The second-order valence-electron chi connectivity index (χ2n) is 7.77. The molecule has 27 heavy (non-hydrogen) atoms. The highest BCUT2D eigenvalue weighted by Gasteiger charge is 2.29. The molecule has 0 bridgehead atoms. The van der Waals surface area contributed by atoms with Crippen molar-refractivity contribution in [3.8, 4) is 5.75 Å². The van der Waals surface area contributed by atoms with Crippen molar-refractivity contribution in [2.75, 3.05) is 12.4 Å².